The van der Waals surface area contributed by atoms with Crippen molar-refractivity contribution in [2.24, 2.45) is 0 Å². The Kier molecular flexibility index (Phi) is 8.26. The third kappa shape index (κ3) is 5.88. The van der Waals surface area contributed by atoms with E-state index >= 15 is 0 Å². The Morgan fingerprint density at radius 3 is 1.82 bits per heavy atom. The van der Waals surface area contributed by atoms with Gasteiger partial charge in [0.05, 0.1) is 26.4 Å². The van der Waals surface area contributed by atoms with Gasteiger partial charge in [-0.05, 0) is 23.1 Å². The summed E-state index contributed by atoms with van der Waals surface area (Å²) in [6.45, 7) is 3.50. The van der Waals surface area contributed by atoms with E-state index < -0.39 is 24.1 Å². The molecule has 5 nitrogen and oxygen atoms in total. The molecule has 4 atom stereocenters. The number of benzene rings is 3. The highest BCUT2D eigenvalue weighted by molar-refractivity contribution is 5.16. The smallest absolute Gasteiger partial charge is 0.187 e. The molecule has 0 amide bonds. The lowest BCUT2D eigenvalue weighted by Gasteiger charge is -2.36. The summed E-state index contributed by atoms with van der Waals surface area (Å²) in [5.41, 5.74) is 2.17. The summed E-state index contributed by atoms with van der Waals surface area (Å²) < 4.78 is 24.7. The molecule has 0 bridgehead atoms. The molecule has 0 spiro atoms. The third-order valence-corrected chi connectivity index (χ3v) is 6.11. The molecule has 174 valence electrons. The average Bonchev–Trinajstić information content (AvgIpc) is 3.13. The maximum absolute atomic E-state index is 11.0. The minimum absolute atomic E-state index is 0.294. The topological polar surface area (TPSA) is 57.2 Å². The van der Waals surface area contributed by atoms with E-state index in [9.17, 15) is 5.11 Å². The van der Waals surface area contributed by atoms with Crippen molar-refractivity contribution in [2.45, 2.75) is 57.3 Å². The molecule has 0 aromatic heterocycles. The van der Waals surface area contributed by atoms with Crippen molar-refractivity contribution in [1.29, 1.82) is 0 Å². The molecule has 3 aromatic carbocycles. The van der Waals surface area contributed by atoms with Crippen LogP contribution in [0, 0.1) is 0 Å². The van der Waals surface area contributed by atoms with E-state index in [1.54, 1.807) is 0 Å². The van der Waals surface area contributed by atoms with Crippen LogP contribution < -0.4 is 0 Å². The van der Waals surface area contributed by atoms with E-state index in [0.717, 1.165) is 16.7 Å². The number of hydrogen-bond acceptors (Lipinski definition) is 5. The van der Waals surface area contributed by atoms with Crippen molar-refractivity contribution in [3.8, 4) is 0 Å². The average molecular weight is 449 g/mol. The molecule has 1 aliphatic rings. The summed E-state index contributed by atoms with van der Waals surface area (Å²) in [6, 6.07) is 29.9. The molecule has 4 unspecified atom stereocenters. The van der Waals surface area contributed by atoms with Crippen LogP contribution in [0.3, 0.4) is 0 Å². The van der Waals surface area contributed by atoms with E-state index in [4.69, 9.17) is 18.9 Å². The van der Waals surface area contributed by atoms with Crippen LogP contribution in [-0.4, -0.2) is 35.8 Å². The molecule has 5 heteroatoms. The second-order valence-electron chi connectivity index (χ2n) is 8.33. The number of hydrogen-bond donors (Lipinski definition) is 1. The highest BCUT2D eigenvalue weighted by atomic mass is 16.7. The standard InChI is InChI=1S/C28H32O5/c1-2-28(32-20-24-16-10-5-11-17-24)26(31-19-23-14-8-4-9-15-23)25(33-27(28)29)21-30-18-22-12-6-3-7-13-22/h3-17,25-27,29H,2,18-21H2,1H3. The Balaban J connectivity index is 1.49. The van der Waals surface area contributed by atoms with Gasteiger partial charge in [0.1, 0.15) is 17.8 Å². The molecule has 0 saturated carbocycles. The van der Waals surface area contributed by atoms with Gasteiger partial charge in [-0.15, -0.1) is 0 Å². The summed E-state index contributed by atoms with van der Waals surface area (Å²) >= 11 is 0. The zero-order chi connectivity index (χ0) is 22.9. The molecule has 0 aliphatic carbocycles. The first-order valence-electron chi connectivity index (χ1n) is 11.5. The largest absolute Gasteiger partial charge is 0.374 e. The van der Waals surface area contributed by atoms with Crippen molar-refractivity contribution in [3.05, 3.63) is 108 Å². The van der Waals surface area contributed by atoms with E-state index in [1.807, 2.05) is 97.9 Å². The summed E-state index contributed by atoms with van der Waals surface area (Å²) in [5.74, 6) is 0. The molecule has 1 heterocycles. The molecule has 1 aliphatic heterocycles. The van der Waals surface area contributed by atoms with Crippen LogP contribution in [-0.2, 0) is 38.8 Å². The first-order valence-corrected chi connectivity index (χ1v) is 11.5. The molecule has 0 radical (unpaired) electrons. The number of aliphatic hydroxyl groups excluding tert-OH is 1. The SMILES string of the molecule is CCC1(OCc2ccccc2)C(O)OC(COCc2ccccc2)C1OCc1ccccc1. The summed E-state index contributed by atoms with van der Waals surface area (Å²) in [5, 5.41) is 11.0. The highest BCUT2D eigenvalue weighted by Crippen LogP contribution is 2.39. The van der Waals surface area contributed by atoms with Gasteiger partial charge in [-0.25, -0.2) is 0 Å². The lowest BCUT2D eigenvalue weighted by atomic mass is 9.91. The fraction of sp³-hybridized carbons (Fsp3) is 0.357. The molecule has 4 rings (SSSR count). The number of rotatable bonds is 11. The molecule has 1 saturated heterocycles. The molecule has 1 N–H and O–H groups in total. The monoisotopic (exact) mass is 448 g/mol. The van der Waals surface area contributed by atoms with E-state index in [0.29, 0.717) is 32.8 Å². The molecular weight excluding hydrogens is 416 g/mol. The van der Waals surface area contributed by atoms with E-state index in [-0.39, 0.29) is 0 Å². The Hall–Kier alpha value is -2.54. The van der Waals surface area contributed by atoms with Crippen molar-refractivity contribution >= 4 is 0 Å². The maximum Gasteiger partial charge on any atom is 0.187 e. The Labute approximate surface area is 195 Å². The van der Waals surface area contributed by atoms with Crippen LogP contribution in [0.2, 0.25) is 0 Å². The van der Waals surface area contributed by atoms with Crippen LogP contribution in [0.1, 0.15) is 30.0 Å². The van der Waals surface area contributed by atoms with Crippen LogP contribution in [0.25, 0.3) is 0 Å². The zero-order valence-corrected chi connectivity index (χ0v) is 19.0. The first-order chi connectivity index (χ1) is 16.2. The van der Waals surface area contributed by atoms with Crippen molar-refractivity contribution < 1.29 is 24.1 Å². The van der Waals surface area contributed by atoms with Gasteiger partial charge in [-0.3, -0.25) is 0 Å². The number of ether oxygens (including phenoxy) is 4. The molecule has 3 aromatic rings. The maximum atomic E-state index is 11.0. The van der Waals surface area contributed by atoms with E-state index in [2.05, 4.69) is 0 Å². The summed E-state index contributed by atoms with van der Waals surface area (Å²) in [7, 11) is 0. The van der Waals surface area contributed by atoms with Gasteiger partial charge in [0.15, 0.2) is 6.29 Å². The van der Waals surface area contributed by atoms with Gasteiger partial charge in [-0.2, -0.15) is 0 Å². The van der Waals surface area contributed by atoms with E-state index in [1.165, 1.54) is 0 Å². The van der Waals surface area contributed by atoms with Crippen LogP contribution in [0.15, 0.2) is 91.0 Å². The Bertz CT molecular complexity index is 950. The van der Waals surface area contributed by atoms with Gasteiger partial charge in [0.2, 0.25) is 0 Å². The van der Waals surface area contributed by atoms with Crippen molar-refractivity contribution in [3.63, 3.8) is 0 Å². The second kappa shape index (κ2) is 11.5. The van der Waals surface area contributed by atoms with Gasteiger partial charge in [-0.1, -0.05) is 97.9 Å². The third-order valence-electron chi connectivity index (χ3n) is 6.11. The minimum Gasteiger partial charge on any atom is -0.374 e. The quantitative estimate of drug-likeness (QED) is 0.454. The van der Waals surface area contributed by atoms with Gasteiger partial charge in [0, 0.05) is 0 Å². The second-order valence-corrected chi connectivity index (χ2v) is 8.33. The van der Waals surface area contributed by atoms with Gasteiger partial charge < -0.3 is 24.1 Å². The van der Waals surface area contributed by atoms with Crippen molar-refractivity contribution in [2.75, 3.05) is 6.61 Å². The van der Waals surface area contributed by atoms with Gasteiger partial charge in [0.25, 0.3) is 0 Å². The predicted octanol–water partition coefficient (Wildman–Crippen LogP) is 4.87. The molecular formula is C28H32O5. The molecule has 1 fully saturated rings. The predicted molar refractivity (Wildman–Crippen MR) is 126 cm³/mol. The minimum atomic E-state index is -1.11. The van der Waals surface area contributed by atoms with Gasteiger partial charge >= 0.3 is 0 Å². The lowest BCUT2D eigenvalue weighted by molar-refractivity contribution is -0.213. The Morgan fingerprint density at radius 2 is 1.27 bits per heavy atom. The lowest BCUT2D eigenvalue weighted by Crippen LogP contribution is -2.51. The zero-order valence-electron chi connectivity index (χ0n) is 19.0. The summed E-state index contributed by atoms with van der Waals surface area (Å²) in [6.07, 6.45) is -1.52. The normalized spacial score (nSPS) is 24.7. The van der Waals surface area contributed by atoms with Crippen LogP contribution in [0.5, 0.6) is 0 Å². The Morgan fingerprint density at radius 1 is 0.758 bits per heavy atom. The van der Waals surface area contributed by atoms with Crippen LogP contribution in [0.4, 0.5) is 0 Å². The first kappa shape index (κ1) is 23.6. The highest BCUT2D eigenvalue weighted by Gasteiger charge is 2.57. The fourth-order valence-corrected chi connectivity index (χ4v) is 4.23. The molecule has 33 heavy (non-hydrogen) atoms. The van der Waals surface area contributed by atoms with Crippen molar-refractivity contribution in [1.82, 2.24) is 0 Å². The number of aliphatic hydroxyl groups is 1. The summed E-state index contributed by atoms with van der Waals surface area (Å²) in [4.78, 5) is 0. The van der Waals surface area contributed by atoms with Crippen LogP contribution >= 0.6 is 0 Å². The fourth-order valence-electron chi connectivity index (χ4n) is 4.23.